The van der Waals surface area contributed by atoms with E-state index in [9.17, 15) is 14.7 Å². The van der Waals surface area contributed by atoms with Gasteiger partial charge in [0.05, 0.1) is 12.0 Å². The topological polar surface area (TPSA) is 78.5 Å². The van der Waals surface area contributed by atoms with Gasteiger partial charge in [-0.2, -0.15) is 0 Å². The van der Waals surface area contributed by atoms with Gasteiger partial charge in [0.15, 0.2) is 0 Å². The number of aliphatic carboxylic acids is 1. The van der Waals surface area contributed by atoms with E-state index in [-0.39, 0.29) is 6.42 Å². The lowest BCUT2D eigenvalue weighted by Crippen LogP contribution is -2.50. The number of alkyl carbamates (subject to hydrolysis) is 1. The second-order valence-corrected chi connectivity index (χ2v) is 6.17. The molecule has 0 aliphatic heterocycles. The maximum Gasteiger partial charge on any atom is 0.408 e. The maximum atomic E-state index is 11.6. The third-order valence-corrected chi connectivity index (χ3v) is 3.13. The molecule has 6 heteroatoms. The zero-order valence-corrected chi connectivity index (χ0v) is 13.2. The maximum absolute atomic E-state index is 11.6. The Morgan fingerprint density at radius 2 is 1.95 bits per heavy atom. The number of rotatable bonds is 4. The Labute approximate surface area is 126 Å². The second-order valence-electron chi connectivity index (χ2n) is 5.31. The number of benzene rings is 1. The molecule has 110 valence electrons. The normalized spacial score (nSPS) is 12.6. The fraction of sp³-hybridized carbons (Fsp3) is 0.429. The first-order chi connectivity index (χ1) is 9.19. The van der Waals surface area contributed by atoms with Crippen molar-refractivity contribution in [2.24, 2.45) is 0 Å². The highest BCUT2D eigenvalue weighted by Crippen LogP contribution is 2.17. The number of nitrogens with one attached hydrogen (secondary N) is 1. The van der Waals surface area contributed by atoms with Gasteiger partial charge in [-0.3, -0.25) is 0 Å². The smallest absolute Gasteiger partial charge is 0.408 e. The predicted molar refractivity (Wildman–Crippen MR) is 76.0 cm³/mol. The van der Waals surface area contributed by atoms with E-state index in [2.05, 4.69) is 21.2 Å². The first kappa shape index (κ1) is 16.5. The lowest BCUT2D eigenvalue weighted by Gasteiger charge is -2.24. The quantitative estimate of drug-likeness (QED) is 0.901. The molecule has 0 radical (unpaired) electrons. The molecule has 1 aromatic rings. The van der Waals surface area contributed by atoms with Crippen LogP contribution in [0.5, 0.6) is 0 Å². The third kappa shape index (κ3) is 5.61. The molecule has 0 spiro atoms. The lowest BCUT2D eigenvalue weighted by atomic mass is 10.1. The van der Waals surface area contributed by atoms with Crippen LogP contribution in [0, 0.1) is 0 Å². The van der Waals surface area contributed by atoms with Crippen LogP contribution in [0.4, 0.5) is 4.79 Å². The Hall–Kier alpha value is -1.56. The van der Waals surface area contributed by atoms with E-state index in [1.807, 2.05) is 6.07 Å². The van der Waals surface area contributed by atoms with Crippen molar-refractivity contribution in [1.29, 1.82) is 0 Å². The molecule has 20 heavy (non-hydrogen) atoms. The lowest BCUT2D eigenvalue weighted by molar-refractivity contribution is -0.308. The molecule has 0 aliphatic rings. The van der Waals surface area contributed by atoms with Crippen LogP contribution >= 0.6 is 15.9 Å². The number of halogens is 1. The van der Waals surface area contributed by atoms with E-state index < -0.39 is 23.7 Å². The average Bonchev–Trinajstić information content (AvgIpc) is 2.28. The number of carbonyl (C=O) groups excluding carboxylic acids is 2. The summed E-state index contributed by atoms with van der Waals surface area (Å²) < 4.78 is 5.81. The van der Waals surface area contributed by atoms with Crippen molar-refractivity contribution in [2.75, 3.05) is 0 Å². The predicted octanol–water partition coefficient (Wildman–Crippen LogP) is 1.63. The van der Waals surface area contributed by atoms with Crippen molar-refractivity contribution in [2.45, 2.75) is 38.8 Å². The molecule has 0 heterocycles. The van der Waals surface area contributed by atoms with Gasteiger partial charge in [0.1, 0.15) is 5.60 Å². The fourth-order valence-electron chi connectivity index (χ4n) is 1.53. The van der Waals surface area contributed by atoms with Crippen molar-refractivity contribution in [1.82, 2.24) is 5.32 Å². The molecule has 0 aromatic heterocycles. The Morgan fingerprint density at radius 1 is 1.35 bits per heavy atom. The second kappa shape index (κ2) is 6.74. The Kier molecular flexibility index (Phi) is 5.56. The highest BCUT2D eigenvalue weighted by molar-refractivity contribution is 9.10. The first-order valence-electron chi connectivity index (χ1n) is 6.13. The minimum absolute atomic E-state index is 0.114. The number of ether oxygens (including phenoxy) is 1. The van der Waals surface area contributed by atoms with Gasteiger partial charge in [-0.15, -0.1) is 0 Å². The van der Waals surface area contributed by atoms with E-state index >= 15 is 0 Å². The van der Waals surface area contributed by atoms with Crippen molar-refractivity contribution in [3.05, 3.63) is 34.3 Å². The number of carbonyl (C=O) groups is 2. The van der Waals surface area contributed by atoms with Gasteiger partial charge in [-0.05, 0) is 38.8 Å². The van der Waals surface area contributed by atoms with E-state index in [1.165, 1.54) is 0 Å². The van der Waals surface area contributed by atoms with Crippen LogP contribution in [0.3, 0.4) is 0 Å². The van der Waals surface area contributed by atoms with Crippen molar-refractivity contribution >= 4 is 28.0 Å². The van der Waals surface area contributed by atoms with E-state index in [4.69, 9.17) is 4.74 Å². The highest BCUT2D eigenvalue weighted by atomic mass is 79.9. The van der Waals surface area contributed by atoms with Crippen LogP contribution < -0.4 is 10.4 Å². The molecule has 1 aromatic carbocycles. The Morgan fingerprint density at radius 3 is 2.45 bits per heavy atom. The fourth-order valence-corrected chi connectivity index (χ4v) is 1.97. The SMILES string of the molecule is CC(C)(C)OC(=O)N[C@H](Cc1ccccc1Br)C(=O)[O-]. The van der Waals surface area contributed by atoms with Crippen LogP contribution in [0.1, 0.15) is 26.3 Å². The molecule has 0 saturated carbocycles. The van der Waals surface area contributed by atoms with Crippen LogP contribution in [0.2, 0.25) is 0 Å². The summed E-state index contributed by atoms with van der Waals surface area (Å²) >= 11 is 3.33. The summed E-state index contributed by atoms with van der Waals surface area (Å²) in [6.45, 7) is 5.11. The van der Waals surface area contributed by atoms with Gasteiger partial charge in [-0.1, -0.05) is 34.1 Å². The molecule has 1 rings (SSSR count). The Bertz CT molecular complexity index is 496. The largest absolute Gasteiger partial charge is 0.548 e. The van der Waals surface area contributed by atoms with Crippen LogP contribution in [0.25, 0.3) is 0 Å². The highest BCUT2D eigenvalue weighted by Gasteiger charge is 2.20. The van der Waals surface area contributed by atoms with Crippen LogP contribution in [-0.2, 0) is 16.0 Å². The minimum Gasteiger partial charge on any atom is -0.548 e. The molecule has 0 fully saturated rings. The van der Waals surface area contributed by atoms with E-state index in [0.29, 0.717) is 0 Å². The third-order valence-electron chi connectivity index (χ3n) is 2.36. The summed E-state index contributed by atoms with van der Waals surface area (Å²) in [5.41, 5.74) is 0.0752. The van der Waals surface area contributed by atoms with Crippen molar-refractivity contribution < 1.29 is 19.4 Å². The summed E-state index contributed by atoms with van der Waals surface area (Å²) in [6, 6.07) is 6.04. The summed E-state index contributed by atoms with van der Waals surface area (Å²) in [7, 11) is 0. The zero-order chi connectivity index (χ0) is 15.3. The van der Waals surface area contributed by atoms with Crippen LogP contribution in [-0.4, -0.2) is 23.7 Å². The number of carboxylic acid groups (broad SMARTS) is 1. The number of amides is 1. The van der Waals surface area contributed by atoms with Gasteiger partial charge in [0.25, 0.3) is 0 Å². The number of carboxylic acids is 1. The molecular formula is C14H17BrNO4-. The molecule has 5 nitrogen and oxygen atoms in total. The van der Waals surface area contributed by atoms with E-state index in [0.717, 1.165) is 10.0 Å². The first-order valence-corrected chi connectivity index (χ1v) is 6.92. The summed E-state index contributed by atoms with van der Waals surface area (Å²) in [5, 5.41) is 13.4. The molecule has 0 unspecified atom stereocenters. The molecule has 1 atom stereocenters. The molecule has 0 aliphatic carbocycles. The average molecular weight is 343 g/mol. The van der Waals surface area contributed by atoms with Crippen LogP contribution in [0.15, 0.2) is 28.7 Å². The van der Waals surface area contributed by atoms with Gasteiger partial charge in [0, 0.05) is 4.47 Å². The van der Waals surface area contributed by atoms with Gasteiger partial charge in [-0.25, -0.2) is 4.79 Å². The molecule has 1 N–H and O–H groups in total. The molecule has 0 saturated heterocycles. The summed E-state index contributed by atoms with van der Waals surface area (Å²) in [6.07, 6.45) is -0.665. The monoisotopic (exact) mass is 342 g/mol. The summed E-state index contributed by atoms with van der Waals surface area (Å²) in [5.74, 6) is -1.35. The zero-order valence-electron chi connectivity index (χ0n) is 11.6. The van der Waals surface area contributed by atoms with Gasteiger partial charge < -0.3 is 20.0 Å². The minimum atomic E-state index is -1.35. The molecular weight excluding hydrogens is 326 g/mol. The molecule has 1 amide bonds. The van der Waals surface area contributed by atoms with Gasteiger partial charge in [0.2, 0.25) is 0 Å². The van der Waals surface area contributed by atoms with Crippen molar-refractivity contribution in [3.8, 4) is 0 Å². The number of hydrogen-bond donors (Lipinski definition) is 1. The summed E-state index contributed by atoms with van der Waals surface area (Å²) in [4.78, 5) is 22.7. The van der Waals surface area contributed by atoms with Crippen molar-refractivity contribution in [3.63, 3.8) is 0 Å². The standard InChI is InChI=1S/C14H18BrNO4/c1-14(2,3)20-13(19)16-11(12(17)18)8-9-6-4-5-7-10(9)15/h4-7,11H,8H2,1-3H3,(H,16,19)(H,17,18)/p-1/t11-/m1/s1. The number of hydrogen-bond acceptors (Lipinski definition) is 4. The molecule has 0 bridgehead atoms. The van der Waals surface area contributed by atoms with E-state index in [1.54, 1.807) is 39.0 Å². The van der Waals surface area contributed by atoms with Gasteiger partial charge >= 0.3 is 6.09 Å². The Balaban J connectivity index is 2.74.